The molecule has 12 heteroatoms. The van der Waals surface area contributed by atoms with Crippen molar-refractivity contribution in [3.05, 3.63) is 30.0 Å². The van der Waals surface area contributed by atoms with Crippen LogP contribution in [0.25, 0.3) is 20.8 Å². The lowest BCUT2D eigenvalue weighted by molar-refractivity contribution is -0.115. The molecule has 34 heavy (non-hydrogen) atoms. The lowest BCUT2D eigenvalue weighted by atomic mass is 10.1. The topological polar surface area (TPSA) is 112 Å². The standard InChI is InChI=1S/C22H24F3N5O3S/c1-3-33-17-13(8-11-16(31)22(11,17)32)28-18-15(19-29-12-6-4-5-7-14(12)34-19)10(2)27-20(30-18)26-9-21(23,24)25/h4-7,11,13,16-17,31-32H,3,8-9H2,1-2H3,(H2,26,27,28,30)/t11-,13-,16?,17+,22+/m1/s1. The van der Waals surface area contributed by atoms with E-state index in [0.717, 1.165) is 10.2 Å². The average Bonchev–Trinajstić information content (AvgIpc) is 3.08. The number of aliphatic hydroxyl groups is 2. The molecule has 0 saturated heterocycles. The van der Waals surface area contributed by atoms with Crippen molar-refractivity contribution in [3.8, 4) is 10.6 Å². The van der Waals surface area contributed by atoms with Crippen LogP contribution >= 0.6 is 11.3 Å². The van der Waals surface area contributed by atoms with E-state index in [9.17, 15) is 23.4 Å². The lowest BCUT2D eigenvalue weighted by Crippen LogP contribution is -2.44. The Balaban J connectivity index is 1.53. The van der Waals surface area contributed by atoms with Gasteiger partial charge in [0.05, 0.1) is 33.6 Å². The second kappa shape index (κ2) is 8.29. The SMILES string of the molecule is CCO[C@H]1[C@H](Nc2nc(NCC(F)(F)F)nc(C)c2-c2nc3ccccc3s2)C[C@@H]2C(O)[C@@]21O. The number of ether oxygens (including phenoxy) is 1. The van der Waals surface area contributed by atoms with Gasteiger partial charge in [-0.25, -0.2) is 9.97 Å². The molecule has 8 nitrogen and oxygen atoms in total. The molecule has 0 radical (unpaired) electrons. The van der Waals surface area contributed by atoms with Crippen LogP contribution in [0.4, 0.5) is 24.9 Å². The Labute approximate surface area is 197 Å². The number of nitrogens with zero attached hydrogens (tertiary/aromatic N) is 3. The highest BCUT2D eigenvalue weighted by Crippen LogP contribution is 2.57. The predicted octanol–water partition coefficient (Wildman–Crippen LogP) is 3.35. The molecule has 5 rings (SSSR count). The minimum atomic E-state index is -4.43. The summed E-state index contributed by atoms with van der Waals surface area (Å²) in [7, 11) is 0. The molecule has 2 fully saturated rings. The van der Waals surface area contributed by atoms with Crippen molar-refractivity contribution < 1.29 is 28.1 Å². The smallest absolute Gasteiger partial charge is 0.390 e. The van der Waals surface area contributed by atoms with Crippen LogP contribution in [0.3, 0.4) is 0 Å². The first kappa shape index (κ1) is 23.2. The Kier molecular flexibility index (Phi) is 5.66. The third kappa shape index (κ3) is 3.98. The van der Waals surface area contributed by atoms with Gasteiger partial charge in [-0.05, 0) is 32.4 Å². The molecule has 4 N–H and O–H groups in total. The van der Waals surface area contributed by atoms with E-state index in [1.165, 1.54) is 11.3 Å². The van der Waals surface area contributed by atoms with E-state index in [0.29, 0.717) is 35.1 Å². The number of hydrogen-bond donors (Lipinski definition) is 4. The molecule has 182 valence electrons. The van der Waals surface area contributed by atoms with E-state index in [1.807, 2.05) is 24.3 Å². The van der Waals surface area contributed by atoms with Crippen molar-refractivity contribution >= 4 is 33.3 Å². The van der Waals surface area contributed by atoms with Gasteiger partial charge < -0.3 is 25.6 Å². The summed E-state index contributed by atoms with van der Waals surface area (Å²) in [5.74, 6) is -0.208. The second-order valence-electron chi connectivity index (χ2n) is 8.61. The quantitative estimate of drug-likeness (QED) is 0.395. The predicted molar refractivity (Wildman–Crippen MR) is 122 cm³/mol. The number of aliphatic hydroxyl groups excluding tert-OH is 1. The van der Waals surface area contributed by atoms with Gasteiger partial charge in [-0.2, -0.15) is 18.2 Å². The minimum Gasteiger partial charge on any atom is -0.390 e. The van der Waals surface area contributed by atoms with Gasteiger partial charge in [0.15, 0.2) is 0 Å². The van der Waals surface area contributed by atoms with Crippen LogP contribution in [0.1, 0.15) is 19.0 Å². The number of benzene rings is 1. The van der Waals surface area contributed by atoms with Crippen LogP contribution < -0.4 is 10.6 Å². The second-order valence-corrected chi connectivity index (χ2v) is 9.64. The zero-order chi connectivity index (χ0) is 24.3. The first-order valence-corrected chi connectivity index (χ1v) is 11.8. The molecule has 0 amide bonds. The first-order valence-electron chi connectivity index (χ1n) is 11.0. The molecule has 2 aliphatic carbocycles. The normalized spacial score (nSPS) is 28.2. The Morgan fingerprint density at radius 1 is 1.24 bits per heavy atom. The largest absolute Gasteiger partial charge is 0.405 e. The molecule has 1 unspecified atom stereocenters. The van der Waals surface area contributed by atoms with E-state index in [2.05, 4.69) is 25.6 Å². The summed E-state index contributed by atoms with van der Waals surface area (Å²) >= 11 is 1.43. The third-order valence-electron chi connectivity index (χ3n) is 6.38. The number of rotatable bonds is 7. The van der Waals surface area contributed by atoms with Gasteiger partial charge in [-0.15, -0.1) is 11.3 Å². The average molecular weight is 496 g/mol. The fourth-order valence-electron chi connectivity index (χ4n) is 4.77. The molecule has 2 aromatic heterocycles. The molecule has 0 bridgehead atoms. The highest BCUT2D eigenvalue weighted by molar-refractivity contribution is 7.21. The number of aryl methyl sites for hydroxylation is 1. The summed E-state index contributed by atoms with van der Waals surface area (Å²) in [6.45, 7) is 2.54. The van der Waals surface area contributed by atoms with Gasteiger partial charge >= 0.3 is 6.18 Å². The van der Waals surface area contributed by atoms with Crippen LogP contribution in [0.5, 0.6) is 0 Å². The van der Waals surface area contributed by atoms with Crippen molar-refractivity contribution in [1.82, 2.24) is 15.0 Å². The summed E-state index contributed by atoms with van der Waals surface area (Å²) in [6, 6.07) is 7.19. The van der Waals surface area contributed by atoms with E-state index in [-0.39, 0.29) is 11.9 Å². The van der Waals surface area contributed by atoms with Crippen molar-refractivity contribution in [2.24, 2.45) is 5.92 Å². The summed E-state index contributed by atoms with van der Waals surface area (Å²) in [5, 5.41) is 27.1. The molecule has 2 saturated carbocycles. The van der Waals surface area contributed by atoms with Gasteiger partial charge in [-0.3, -0.25) is 0 Å². The Morgan fingerprint density at radius 3 is 2.71 bits per heavy atom. The van der Waals surface area contributed by atoms with E-state index < -0.39 is 36.6 Å². The summed E-state index contributed by atoms with van der Waals surface area (Å²) in [6.07, 6.45) is -5.55. The van der Waals surface area contributed by atoms with Crippen LogP contribution in [0, 0.1) is 12.8 Å². The molecular weight excluding hydrogens is 471 g/mol. The van der Waals surface area contributed by atoms with Crippen LogP contribution in [-0.2, 0) is 4.74 Å². The molecule has 1 aromatic carbocycles. The van der Waals surface area contributed by atoms with Crippen molar-refractivity contribution in [2.75, 3.05) is 23.8 Å². The monoisotopic (exact) mass is 495 g/mol. The maximum atomic E-state index is 12.8. The minimum absolute atomic E-state index is 0.169. The summed E-state index contributed by atoms with van der Waals surface area (Å²) in [4.78, 5) is 13.3. The Hall–Kier alpha value is -2.54. The van der Waals surface area contributed by atoms with Gasteiger partial charge in [0.1, 0.15) is 29.1 Å². The summed E-state index contributed by atoms with van der Waals surface area (Å²) in [5.41, 5.74) is 0.473. The number of alkyl halides is 3. The summed E-state index contributed by atoms with van der Waals surface area (Å²) < 4.78 is 45.1. The van der Waals surface area contributed by atoms with Gasteiger partial charge in [0.25, 0.3) is 0 Å². The number of hydrogen-bond acceptors (Lipinski definition) is 9. The fourth-order valence-corrected chi connectivity index (χ4v) is 5.84. The number of anilines is 2. The highest BCUT2D eigenvalue weighted by Gasteiger charge is 2.74. The maximum Gasteiger partial charge on any atom is 0.405 e. The van der Waals surface area contributed by atoms with Crippen LogP contribution in [-0.4, -0.2) is 68.3 Å². The van der Waals surface area contributed by atoms with Gasteiger partial charge in [0, 0.05) is 12.5 Å². The van der Waals surface area contributed by atoms with Crippen molar-refractivity contribution in [3.63, 3.8) is 0 Å². The molecule has 2 heterocycles. The zero-order valence-corrected chi connectivity index (χ0v) is 19.2. The zero-order valence-electron chi connectivity index (χ0n) is 18.4. The number of fused-ring (bicyclic) bond motifs is 2. The van der Waals surface area contributed by atoms with E-state index in [1.54, 1.807) is 13.8 Å². The molecule has 0 spiro atoms. The van der Waals surface area contributed by atoms with E-state index in [4.69, 9.17) is 4.74 Å². The third-order valence-corrected chi connectivity index (χ3v) is 7.44. The van der Waals surface area contributed by atoms with Crippen LogP contribution in [0.2, 0.25) is 0 Å². The number of halogens is 3. The maximum absolute atomic E-state index is 12.8. The molecule has 2 aliphatic rings. The van der Waals surface area contributed by atoms with Crippen molar-refractivity contribution in [2.45, 2.75) is 50.3 Å². The Bertz CT molecular complexity index is 1190. The lowest BCUT2D eigenvalue weighted by Gasteiger charge is -2.28. The number of nitrogens with one attached hydrogen (secondary N) is 2. The number of para-hydroxylation sites is 1. The van der Waals surface area contributed by atoms with E-state index >= 15 is 0 Å². The molecular formula is C22H24F3N5O3S. The molecule has 0 aliphatic heterocycles. The van der Waals surface area contributed by atoms with Gasteiger partial charge in [-0.1, -0.05) is 12.1 Å². The first-order chi connectivity index (χ1) is 16.1. The Morgan fingerprint density at radius 2 is 2.00 bits per heavy atom. The van der Waals surface area contributed by atoms with Crippen LogP contribution in [0.15, 0.2) is 24.3 Å². The highest BCUT2D eigenvalue weighted by atomic mass is 32.1. The fraction of sp³-hybridized carbons (Fsp3) is 0.500. The molecule has 5 atom stereocenters. The molecule has 3 aromatic rings. The number of aromatic nitrogens is 3. The van der Waals surface area contributed by atoms with Crippen molar-refractivity contribution in [1.29, 1.82) is 0 Å². The number of thiazole rings is 1. The van der Waals surface area contributed by atoms with Gasteiger partial charge in [0.2, 0.25) is 5.95 Å².